The van der Waals surface area contributed by atoms with Gasteiger partial charge in [-0.25, -0.2) is 5.43 Å². The van der Waals surface area contributed by atoms with Crippen LogP contribution >= 0.6 is 23.2 Å². The van der Waals surface area contributed by atoms with Crippen molar-refractivity contribution in [2.45, 2.75) is 6.42 Å². The minimum absolute atomic E-state index is 0.214. The van der Waals surface area contributed by atoms with Crippen LogP contribution in [-0.2, 0) is 11.2 Å². The zero-order chi connectivity index (χ0) is 16.2. The number of nitrogens with one attached hydrogen (secondary N) is 2. The van der Waals surface area contributed by atoms with Crippen molar-refractivity contribution in [1.82, 2.24) is 10.4 Å². The van der Waals surface area contributed by atoms with Crippen LogP contribution in [0.3, 0.4) is 0 Å². The Kier molecular flexibility index (Phi) is 4.65. The SMILES string of the molecule is O=C(Cc1c[nH]c2ccccc12)N/N=C\c1c(Cl)cccc1Cl. The lowest BCUT2D eigenvalue weighted by molar-refractivity contribution is -0.120. The van der Waals surface area contributed by atoms with Crippen molar-refractivity contribution in [1.29, 1.82) is 0 Å². The molecule has 116 valence electrons. The number of carbonyl (C=O) groups is 1. The van der Waals surface area contributed by atoms with E-state index in [4.69, 9.17) is 23.2 Å². The largest absolute Gasteiger partial charge is 0.361 e. The van der Waals surface area contributed by atoms with Crippen molar-refractivity contribution in [3.05, 3.63) is 69.8 Å². The van der Waals surface area contributed by atoms with Gasteiger partial charge in [0.15, 0.2) is 0 Å². The Bertz CT molecular complexity index is 866. The third-order valence-electron chi connectivity index (χ3n) is 3.41. The Morgan fingerprint density at radius 3 is 2.65 bits per heavy atom. The van der Waals surface area contributed by atoms with E-state index in [0.29, 0.717) is 15.6 Å². The number of aromatic nitrogens is 1. The predicted molar refractivity (Wildman–Crippen MR) is 94.2 cm³/mol. The van der Waals surface area contributed by atoms with Crippen molar-refractivity contribution < 1.29 is 4.79 Å². The highest BCUT2D eigenvalue weighted by Crippen LogP contribution is 2.22. The van der Waals surface area contributed by atoms with E-state index in [1.807, 2.05) is 30.5 Å². The second kappa shape index (κ2) is 6.86. The van der Waals surface area contributed by atoms with Gasteiger partial charge in [0.1, 0.15) is 0 Å². The van der Waals surface area contributed by atoms with E-state index >= 15 is 0 Å². The van der Waals surface area contributed by atoms with Crippen LogP contribution in [-0.4, -0.2) is 17.1 Å². The maximum Gasteiger partial charge on any atom is 0.244 e. The van der Waals surface area contributed by atoms with E-state index in [1.54, 1.807) is 18.2 Å². The van der Waals surface area contributed by atoms with Crippen LogP contribution in [0.5, 0.6) is 0 Å². The van der Waals surface area contributed by atoms with Crippen LogP contribution in [0.15, 0.2) is 53.8 Å². The molecule has 0 aliphatic carbocycles. The molecule has 1 aromatic heterocycles. The number of hydrazone groups is 1. The number of fused-ring (bicyclic) bond motifs is 1. The fraction of sp³-hybridized carbons (Fsp3) is 0.0588. The number of hydrogen-bond donors (Lipinski definition) is 2. The van der Waals surface area contributed by atoms with Gasteiger partial charge in [0.2, 0.25) is 5.91 Å². The summed E-state index contributed by atoms with van der Waals surface area (Å²) in [6, 6.07) is 13.0. The van der Waals surface area contributed by atoms with E-state index in [0.717, 1.165) is 16.5 Å². The van der Waals surface area contributed by atoms with Gasteiger partial charge >= 0.3 is 0 Å². The third kappa shape index (κ3) is 3.55. The van der Waals surface area contributed by atoms with E-state index < -0.39 is 0 Å². The first-order valence-corrected chi connectivity index (χ1v) is 7.71. The molecule has 0 fully saturated rings. The average Bonchev–Trinajstić information content (AvgIpc) is 2.93. The molecule has 0 spiro atoms. The number of benzene rings is 2. The van der Waals surface area contributed by atoms with Crippen LogP contribution < -0.4 is 5.43 Å². The summed E-state index contributed by atoms with van der Waals surface area (Å²) < 4.78 is 0. The van der Waals surface area contributed by atoms with Crippen LogP contribution in [0, 0.1) is 0 Å². The van der Waals surface area contributed by atoms with Crippen LogP contribution in [0.1, 0.15) is 11.1 Å². The Hall–Kier alpha value is -2.30. The van der Waals surface area contributed by atoms with Crippen LogP contribution in [0.4, 0.5) is 0 Å². The molecule has 0 aliphatic rings. The second-order valence-electron chi connectivity index (χ2n) is 4.96. The van der Waals surface area contributed by atoms with Crippen molar-refractivity contribution in [2.75, 3.05) is 0 Å². The number of rotatable bonds is 4. The molecule has 2 aromatic carbocycles. The summed E-state index contributed by atoms with van der Waals surface area (Å²) in [7, 11) is 0. The maximum atomic E-state index is 12.0. The number of para-hydroxylation sites is 1. The van der Waals surface area contributed by atoms with Gasteiger partial charge in [-0.05, 0) is 23.8 Å². The molecular formula is C17H13Cl2N3O. The summed E-state index contributed by atoms with van der Waals surface area (Å²) >= 11 is 12.1. The predicted octanol–water partition coefficient (Wildman–Crippen LogP) is 4.17. The molecule has 0 atom stereocenters. The Balaban J connectivity index is 1.67. The number of amides is 1. The van der Waals surface area contributed by atoms with Gasteiger partial charge in [0, 0.05) is 22.7 Å². The molecule has 23 heavy (non-hydrogen) atoms. The zero-order valence-electron chi connectivity index (χ0n) is 12.0. The normalized spacial score (nSPS) is 11.2. The molecule has 3 aromatic rings. The summed E-state index contributed by atoms with van der Waals surface area (Å²) in [5.41, 5.74) is 4.98. The molecule has 1 heterocycles. The fourth-order valence-corrected chi connectivity index (χ4v) is 2.79. The number of H-pyrrole nitrogens is 1. The highest BCUT2D eigenvalue weighted by molar-refractivity contribution is 6.38. The quantitative estimate of drug-likeness (QED) is 0.541. The van der Waals surface area contributed by atoms with E-state index in [-0.39, 0.29) is 12.3 Å². The van der Waals surface area contributed by atoms with Gasteiger partial charge in [-0.1, -0.05) is 47.5 Å². The Morgan fingerprint density at radius 2 is 1.87 bits per heavy atom. The maximum absolute atomic E-state index is 12.0. The Morgan fingerprint density at radius 1 is 1.13 bits per heavy atom. The minimum Gasteiger partial charge on any atom is -0.361 e. The van der Waals surface area contributed by atoms with E-state index in [9.17, 15) is 4.79 Å². The molecule has 0 radical (unpaired) electrons. The van der Waals surface area contributed by atoms with Gasteiger partial charge in [-0.15, -0.1) is 0 Å². The second-order valence-corrected chi connectivity index (χ2v) is 5.78. The van der Waals surface area contributed by atoms with Crippen molar-refractivity contribution in [3.8, 4) is 0 Å². The monoisotopic (exact) mass is 345 g/mol. The molecule has 1 amide bonds. The highest BCUT2D eigenvalue weighted by Gasteiger charge is 2.08. The molecule has 6 heteroatoms. The van der Waals surface area contributed by atoms with Crippen molar-refractivity contribution in [2.24, 2.45) is 5.10 Å². The number of aromatic amines is 1. The smallest absolute Gasteiger partial charge is 0.244 e. The summed E-state index contributed by atoms with van der Waals surface area (Å²) in [6.07, 6.45) is 3.51. The fourth-order valence-electron chi connectivity index (χ4n) is 2.29. The average molecular weight is 346 g/mol. The topological polar surface area (TPSA) is 57.2 Å². The van der Waals surface area contributed by atoms with Gasteiger partial charge < -0.3 is 4.98 Å². The van der Waals surface area contributed by atoms with Gasteiger partial charge in [0.25, 0.3) is 0 Å². The lowest BCUT2D eigenvalue weighted by atomic mass is 10.1. The minimum atomic E-state index is -0.214. The number of nitrogens with zero attached hydrogens (tertiary/aromatic N) is 1. The first kappa shape index (κ1) is 15.6. The van der Waals surface area contributed by atoms with Crippen LogP contribution in [0.2, 0.25) is 10.0 Å². The summed E-state index contributed by atoms with van der Waals surface area (Å²) in [5.74, 6) is -0.214. The molecule has 0 saturated carbocycles. The molecule has 3 rings (SSSR count). The van der Waals surface area contributed by atoms with E-state index in [1.165, 1.54) is 6.21 Å². The lowest BCUT2D eigenvalue weighted by Crippen LogP contribution is -2.19. The van der Waals surface area contributed by atoms with Gasteiger partial charge in [-0.2, -0.15) is 5.10 Å². The molecule has 0 unspecified atom stereocenters. The molecule has 2 N–H and O–H groups in total. The highest BCUT2D eigenvalue weighted by atomic mass is 35.5. The summed E-state index contributed by atoms with van der Waals surface area (Å²) in [4.78, 5) is 15.1. The molecule has 0 saturated heterocycles. The summed E-state index contributed by atoms with van der Waals surface area (Å²) in [6.45, 7) is 0. The third-order valence-corrected chi connectivity index (χ3v) is 4.07. The first-order chi connectivity index (χ1) is 11.1. The standard InChI is InChI=1S/C17H13Cl2N3O/c18-14-5-3-6-15(19)13(14)10-21-22-17(23)8-11-9-20-16-7-2-1-4-12(11)16/h1-7,9-10,20H,8H2,(H,22,23)/b21-10-. The molecule has 0 bridgehead atoms. The van der Waals surface area contributed by atoms with Crippen molar-refractivity contribution >= 4 is 46.2 Å². The van der Waals surface area contributed by atoms with E-state index in [2.05, 4.69) is 15.5 Å². The summed E-state index contributed by atoms with van der Waals surface area (Å²) in [5, 5.41) is 5.91. The van der Waals surface area contributed by atoms with Gasteiger partial charge in [-0.3, -0.25) is 4.79 Å². The van der Waals surface area contributed by atoms with Crippen molar-refractivity contribution in [3.63, 3.8) is 0 Å². The van der Waals surface area contributed by atoms with Gasteiger partial charge in [0.05, 0.1) is 22.7 Å². The number of hydrogen-bond acceptors (Lipinski definition) is 2. The Labute approximate surface area is 143 Å². The first-order valence-electron chi connectivity index (χ1n) is 6.96. The number of carbonyl (C=O) groups excluding carboxylic acids is 1. The molecule has 4 nitrogen and oxygen atoms in total. The molecule has 0 aliphatic heterocycles. The molecular weight excluding hydrogens is 333 g/mol. The van der Waals surface area contributed by atoms with Crippen LogP contribution in [0.25, 0.3) is 10.9 Å². The number of halogens is 2. The lowest BCUT2D eigenvalue weighted by Gasteiger charge is -2.01. The zero-order valence-corrected chi connectivity index (χ0v) is 13.5.